The van der Waals surface area contributed by atoms with Crippen LogP contribution >= 0.6 is 0 Å². The third kappa shape index (κ3) is 4.74. The average Bonchev–Trinajstić information content (AvgIpc) is 3.77. The largest absolute Gasteiger partial charge is 0.309 e. The first-order valence-electron chi connectivity index (χ1n) is 18.6. The highest BCUT2D eigenvalue weighted by Crippen LogP contribution is 2.39. The summed E-state index contributed by atoms with van der Waals surface area (Å²) in [6.45, 7) is 0. The van der Waals surface area contributed by atoms with E-state index in [0.29, 0.717) is 0 Å². The van der Waals surface area contributed by atoms with Crippen molar-refractivity contribution in [1.29, 1.82) is 0 Å². The third-order valence-corrected chi connectivity index (χ3v) is 11.2. The molecule has 0 fully saturated rings. The predicted octanol–water partition coefficient (Wildman–Crippen LogP) is 14.0. The van der Waals surface area contributed by atoms with Gasteiger partial charge in [0, 0.05) is 32.9 Å². The van der Waals surface area contributed by atoms with Gasteiger partial charge in [0.15, 0.2) is 0 Å². The van der Waals surface area contributed by atoms with Crippen LogP contribution in [0.3, 0.4) is 0 Å². The molecule has 0 spiro atoms. The summed E-state index contributed by atoms with van der Waals surface area (Å²) in [5.74, 6) is 0. The predicted molar refractivity (Wildman–Crippen MR) is 229 cm³/mol. The van der Waals surface area contributed by atoms with E-state index in [1.807, 2.05) is 0 Å². The van der Waals surface area contributed by atoms with Crippen LogP contribution in [-0.2, 0) is 0 Å². The number of fused-ring (bicyclic) bond motifs is 7. The van der Waals surface area contributed by atoms with Gasteiger partial charge in [0.1, 0.15) is 0 Å². The van der Waals surface area contributed by atoms with E-state index in [-0.39, 0.29) is 0 Å². The SMILES string of the molecule is c1cc(-c2ccc(-c3ccc(-n4c5ccccc5c5ccccc54)cc3)cc2)c2c(-c3ccc(-n4c5ccccc5c5ccccc54)cc3)cccc2c1. The van der Waals surface area contributed by atoms with Crippen molar-refractivity contribution in [2.45, 2.75) is 0 Å². The molecule has 2 nitrogen and oxygen atoms in total. The van der Waals surface area contributed by atoms with E-state index in [1.54, 1.807) is 0 Å². The smallest absolute Gasteiger partial charge is 0.0541 e. The van der Waals surface area contributed by atoms with Gasteiger partial charge in [-0.15, -0.1) is 0 Å². The molecule has 54 heavy (non-hydrogen) atoms. The molecule has 0 unspecified atom stereocenters. The molecule has 0 atom stereocenters. The van der Waals surface area contributed by atoms with Gasteiger partial charge < -0.3 is 9.13 Å². The zero-order valence-corrected chi connectivity index (χ0v) is 29.5. The van der Waals surface area contributed by atoms with Crippen LogP contribution in [0.4, 0.5) is 0 Å². The van der Waals surface area contributed by atoms with E-state index >= 15 is 0 Å². The Morgan fingerprint density at radius 3 is 0.944 bits per heavy atom. The van der Waals surface area contributed by atoms with E-state index in [2.05, 4.69) is 215 Å². The lowest BCUT2D eigenvalue weighted by Gasteiger charge is -2.14. The number of nitrogens with zero attached hydrogens (tertiary/aromatic N) is 2. The molecule has 2 heterocycles. The number of hydrogen-bond acceptors (Lipinski definition) is 0. The molecule has 0 aliphatic rings. The third-order valence-electron chi connectivity index (χ3n) is 11.2. The van der Waals surface area contributed by atoms with Gasteiger partial charge >= 0.3 is 0 Å². The van der Waals surface area contributed by atoms with E-state index in [9.17, 15) is 0 Å². The van der Waals surface area contributed by atoms with Crippen molar-refractivity contribution >= 4 is 54.4 Å². The molecule has 252 valence electrons. The zero-order chi connectivity index (χ0) is 35.6. The van der Waals surface area contributed by atoms with Crippen LogP contribution in [0.1, 0.15) is 0 Å². The number of para-hydroxylation sites is 4. The summed E-state index contributed by atoms with van der Waals surface area (Å²) in [5.41, 5.74) is 14.5. The van der Waals surface area contributed by atoms with Crippen LogP contribution in [0.15, 0.2) is 206 Å². The van der Waals surface area contributed by atoms with E-state index in [0.717, 1.165) is 5.69 Å². The standard InChI is InChI=1S/C52H34N2/c1-5-19-48-44(13-1)45-14-2-6-20-49(45)53(48)40-31-27-36(28-32-40)35-23-25-37(26-24-35)42-17-9-11-39-12-10-18-43(52(39)42)38-29-33-41(34-30-38)54-50-21-7-3-15-46(50)47-16-4-8-22-51(47)54/h1-34H. The van der Waals surface area contributed by atoms with Gasteiger partial charge in [-0.25, -0.2) is 0 Å². The van der Waals surface area contributed by atoms with Gasteiger partial charge in [0.05, 0.1) is 22.1 Å². The minimum atomic E-state index is 1.16. The lowest BCUT2D eigenvalue weighted by atomic mass is 9.91. The average molecular weight is 687 g/mol. The lowest BCUT2D eigenvalue weighted by Crippen LogP contribution is -1.94. The summed E-state index contributed by atoms with van der Waals surface area (Å²) in [6.07, 6.45) is 0. The number of rotatable bonds is 5. The molecule has 2 heteroatoms. The Bertz CT molecular complexity index is 3070. The minimum Gasteiger partial charge on any atom is -0.309 e. The lowest BCUT2D eigenvalue weighted by molar-refractivity contribution is 1.18. The topological polar surface area (TPSA) is 9.86 Å². The van der Waals surface area contributed by atoms with Crippen molar-refractivity contribution in [1.82, 2.24) is 9.13 Å². The van der Waals surface area contributed by atoms with Gasteiger partial charge in [0.2, 0.25) is 0 Å². The Kier molecular flexibility index (Phi) is 6.90. The number of benzene rings is 9. The van der Waals surface area contributed by atoms with Crippen LogP contribution in [0, 0.1) is 0 Å². The monoisotopic (exact) mass is 686 g/mol. The second-order valence-electron chi connectivity index (χ2n) is 14.1. The fraction of sp³-hybridized carbons (Fsp3) is 0. The van der Waals surface area contributed by atoms with E-state index < -0.39 is 0 Å². The molecule has 11 rings (SSSR count). The minimum absolute atomic E-state index is 1.16. The Morgan fingerprint density at radius 2 is 0.556 bits per heavy atom. The number of aromatic nitrogens is 2. The first-order valence-corrected chi connectivity index (χ1v) is 18.6. The molecular weight excluding hydrogens is 653 g/mol. The molecular formula is C52H34N2. The molecule has 9 aromatic carbocycles. The summed E-state index contributed by atoms with van der Waals surface area (Å²) >= 11 is 0. The molecule has 0 saturated carbocycles. The van der Waals surface area contributed by atoms with Crippen LogP contribution in [0.25, 0.3) is 99.1 Å². The van der Waals surface area contributed by atoms with Gasteiger partial charge in [-0.1, -0.05) is 158 Å². The fourth-order valence-electron chi connectivity index (χ4n) is 8.66. The van der Waals surface area contributed by atoms with Crippen LogP contribution in [-0.4, -0.2) is 9.13 Å². The quantitative estimate of drug-likeness (QED) is 0.171. The Labute approximate surface area is 313 Å². The Morgan fingerprint density at radius 1 is 0.241 bits per heavy atom. The maximum atomic E-state index is 2.38. The second kappa shape index (κ2) is 12.2. The number of hydrogen-bond donors (Lipinski definition) is 0. The summed E-state index contributed by atoms with van der Waals surface area (Å²) in [5, 5.41) is 7.62. The van der Waals surface area contributed by atoms with Crippen molar-refractivity contribution in [2.75, 3.05) is 0 Å². The molecule has 0 aliphatic carbocycles. The van der Waals surface area contributed by atoms with Gasteiger partial charge in [-0.3, -0.25) is 0 Å². The van der Waals surface area contributed by atoms with Crippen molar-refractivity contribution in [3.05, 3.63) is 206 Å². The summed E-state index contributed by atoms with van der Waals surface area (Å²) in [7, 11) is 0. The maximum Gasteiger partial charge on any atom is 0.0541 e. The van der Waals surface area contributed by atoms with Crippen molar-refractivity contribution in [3.63, 3.8) is 0 Å². The van der Waals surface area contributed by atoms with Crippen LogP contribution in [0.5, 0.6) is 0 Å². The molecule has 0 bridgehead atoms. The highest BCUT2D eigenvalue weighted by Gasteiger charge is 2.15. The van der Waals surface area contributed by atoms with Crippen molar-refractivity contribution in [2.24, 2.45) is 0 Å². The second-order valence-corrected chi connectivity index (χ2v) is 14.1. The van der Waals surface area contributed by atoms with Crippen molar-refractivity contribution in [3.8, 4) is 44.8 Å². The normalized spacial score (nSPS) is 11.7. The molecule has 11 aromatic rings. The van der Waals surface area contributed by atoms with E-state index in [1.165, 1.54) is 93.5 Å². The van der Waals surface area contributed by atoms with Crippen LogP contribution in [0.2, 0.25) is 0 Å². The molecule has 2 aromatic heterocycles. The summed E-state index contributed by atoms with van der Waals surface area (Å²) in [4.78, 5) is 0. The Balaban J connectivity index is 0.942. The highest BCUT2D eigenvalue weighted by molar-refractivity contribution is 6.11. The summed E-state index contributed by atoms with van der Waals surface area (Å²) in [6, 6.07) is 75.1. The molecule has 0 radical (unpaired) electrons. The van der Waals surface area contributed by atoms with Crippen molar-refractivity contribution < 1.29 is 0 Å². The first-order chi connectivity index (χ1) is 26.8. The van der Waals surface area contributed by atoms with E-state index in [4.69, 9.17) is 0 Å². The zero-order valence-electron chi connectivity index (χ0n) is 29.5. The highest BCUT2D eigenvalue weighted by atomic mass is 15.0. The fourth-order valence-corrected chi connectivity index (χ4v) is 8.66. The van der Waals surface area contributed by atoms with Gasteiger partial charge in [-0.2, -0.15) is 0 Å². The molecule has 0 N–H and O–H groups in total. The van der Waals surface area contributed by atoms with Gasteiger partial charge in [-0.05, 0) is 92.7 Å². The Hall–Kier alpha value is -7.16. The van der Waals surface area contributed by atoms with Gasteiger partial charge in [0.25, 0.3) is 0 Å². The summed E-state index contributed by atoms with van der Waals surface area (Å²) < 4.78 is 4.75. The maximum absolute atomic E-state index is 2.38. The first kappa shape index (κ1) is 30.5. The van der Waals surface area contributed by atoms with Crippen LogP contribution < -0.4 is 0 Å². The molecule has 0 amide bonds. The molecule has 0 saturated heterocycles. The molecule has 0 aliphatic heterocycles.